The van der Waals surface area contributed by atoms with E-state index in [9.17, 15) is 9.59 Å². The van der Waals surface area contributed by atoms with Crippen LogP contribution in [0.4, 0.5) is 33.6 Å². The Balaban J connectivity index is 0.978. The van der Waals surface area contributed by atoms with Crippen LogP contribution < -0.4 is 20.4 Å². The maximum atomic E-state index is 12.8. The van der Waals surface area contributed by atoms with Gasteiger partial charge in [-0.1, -0.05) is 0 Å². The van der Waals surface area contributed by atoms with Gasteiger partial charge in [-0.05, 0) is 74.4 Å². The first-order chi connectivity index (χ1) is 21.0. The van der Waals surface area contributed by atoms with Crippen LogP contribution in [0.15, 0.2) is 60.8 Å². The molecule has 6 rings (SSSR count). The van der Waals surface area contributed by atoms with Crippen LogP contribution >= 0.6 is 0 Å². The van der Waals surface area contributed by atoms with E-state index in [0.29, 0.717) is 49.4 Å². The quantitative estimate of drug-likeness (QED) is 0.398. The predicted octanol–water partition coefficient (Wildman–Crippen LogP) is 4.08. The van der Waals surface area contributed by atoms with E-state index in [-0.39, 0.29) is 11.8 Å². The van der Waals surface area contributed by atoms with E-state index in [4.69, 9.17) is 9.72 Å². The van der Waals surface area contributed by atoms with E-state index in [0.717, 1.165) is 50.9 Å². The summed E-state index contributed by atoms with van der Waals surface area (Å²) in [6, 6.07) is 17.9. The number of morpholine rings is 1. The Hall–Kier alpha value is -4.22. The number of ketones is 1. The first-order valence-corrected chi connectivity index (χ1v) is 15.2. The third-order valence-electron chi connectivity index (χ3n) is 8.59. The first kappa shape index (κ1) is 28.9. The summed E-state index contributed by atoms with van der Waals surface area (Å²) in [5, 5.41) is 6.27. The van der Waals surface area contributed by atoms with Gasteiger partial charge in [-0.15, -0.1) is 0 Å². The molecule has 0 unspecified atom stereocenters. The molecule has 0 atom stereocenters. The molecule has 226 valence electrons. The number of hydrogen-bond acceptors (Lipinski definition) is 9. The van der Waals surface area contributed by atoms with Gasteiger partial charge >= 0.3 is 6.03 Å². The summed E-state index contributed by atoms with van der Waals surface area (Å²) in [6.45, 7) is 10.0. The maximum Gasteiger partial charge on any atom is 0.321 e. The van der Waals surface area contributed by atoms with Crippen LogP contribution in [0.1, 0.15) is 30.1 Å². The molecule has 1 aromatic heterocycles. The largest absolute Gasteiger partial charge is 0.379 e. The fourth-order valence-corrected chi connectivity index (χ4v) is 6.03. The molecule has 2 N–H and O–H groups in total. The van der Waals surface area contributed by atoms with Crippen molar-refractivity contribution >= 4 is 40.6 Å². The Bertz CT molecular complexity index is 1380. The zero-order valence-electron chi connectivity index (χ0n) is 24.7. The summed E-state index contributed by atoms with van der Waals surface area (Å²) in [5.74, 6) is 1.38. The number of benzene rings is 2. The van der Waals surface area contributed by atoms with Crippen molar-refractivity contribution in [2.75, 3.05) is 86.0 Å². The van der Waals surface area contributed by atoms with Gasteiger partial charge in [-0.3, -0.25) is 9.69 Å². The zero-order chi connectivity index (χ0) is 29.6. The second-order valence-corrected chi connectivity index (χ2v) is 11.3. The number of hydrogen-bond donors (Lipinski definition) is 2. The summed E-state index contributed by atoms with van der Waals surface area (Å²) >= 11 is 0. The van der Waals surface area contributed by atoms with E-state index < -0.39 is 0 Å². The smallest absolute Gasteiger partial charge is 0.321 e. The van der Waals surface area contributed by atoms with Crippen molar-refractivity contribution in [3.63, 3.8) is 0 Å². The normalized spacial score (nSPS) is 18.4. The Morgan fingerprint density at radius 2 is 1.47 bits per heavy atom. The van der Waals surface area contributed by atoms with Crippen LogP contribution in [0.3, 0.4) is 0 Å². The number of carbonyl (C=O) groups is 2. The number of rotatable bonds is 7. The van der Waals surface area contributed by atoms with Gasteiger partial charge in [-0.25, -0.2) is 9.78 Å². The lowest BCUT2D eigenvalue weighted by molar-refractivity contribution is 0.0115. The summed E-state index contributed by atoms with van der Waals surface area (Å²) in [4.78, 5) is 42.5. The number of urea groups is 1. The summed E-state index contributed by atoms with van der Waals surface area (Å²) in [6.07, 6.45) is 4.15. The number of nitrogens with one attached hydrogen (secondary N) is 2. The molecule has 3 aromatic rings. The molecule has 0 aliphatic carbocycles. The first-order valence-electron chi connectivity index (χ1n) is 15.2. The van der Waals surface area contributed by atoms with Crippen LogP contribution in [-0.4, -0.2) is 103 Å². The summed E-state index contributed by atoms with van der Waals surface area (Å²) in [7, 11) is 0. The summed E-state index contributed by atoms with van der Waals surface area (Å²) < 4.78 is 5.52. The minimum atomic E-state index is -0.148. The number of anilines is 5. The summed E-state index contributed by atoms with van der Waals surface area (Å²) in [5.41, 5.74) is 3.49. The molecule has 2 aromatic carbocycles. The minimum absolute atomic E-state index is 0.000881. The van der Waals surface area contributed by atoms with Crippen LogP contribution in [0.25, 0.3) is 0 Å². The van der Waals surface area contributed by atoms with E-state index >= 15 is 0 Å². The molecule has 3 aliphatic heterocycles. The highest BCUT2D eigenvalue weighted by Crippen LogP contribution is 2.26. The van der Waals surface area contributed by atoms with Crippen molar-refractivity contribution in [1.82, 2.24) is 19.8 Å². The fourth-order valence-electron chi connectivity index (χ4n) is 6.03. The number of amides is 2. The van der Waals surface area contributed by atoms with E-state index in [1.807, 2.05) is 6.07 Å². The highest BCUT2D eigenvalue weighted by atomic mass is 16.5. The number of Topliss-reactive ketones (excluding diaryl/α,β-unsaturated/α-hetero) is 1. The number of carbonyl (C=O) groups excluding carboxylic acids is 2. The van der Waals surface area contributed by atoms with Crippen molar-refractivity contribution in [2.24, 2.45) is 0 Å². The van der Waals surface area contributed by atoms with Crippen molar-refractivity contribution < 1.29 is 14.3 Å². The predicted molar refractivity (Wildman–Crippen MR) is 169 cm³/mol. The lowest BCUT2D eigenvalue weighted by atomic mass is 10.0. The molecule has 3 aliphatic rings. The van der Waals surface area contributed by atoms with E-state index in [2.05, 4.69) is 54.6 Å². The average molecular weight is 585 g/mol. The minimum Gasteiger partial charge on any atom is -0.379 e. The van der Waals surface area contributed by atoms with Gasteiger partial charge in [0.15, 0.2) is 5.78 Å². The lowest BCUT2D eigenvalue weighted by Crippen LogP contribution is -2.50. The van der Waals surface area contributed by atoms with Crippen molar-refractivity contribution in [3.05, 3.63) is 66.4 Å². The third kappa shape index (κ3) is 7.23. The Labute approximate surface area is 252 Å². The standard InChI is InChI=1S/C32H40N8O3/c1-24(41)25-2-4-27(5-3-25)35-32(42)40-18-16-39(17-19-40)30-10-13-33-31(36-30)34-26-6-8-28(9-7-26)37-14-11-29(12-15-37)38-20-22-43-23-21-38/h2-10,13,29H,11-12,14-23H2,1H3,(H,35,42)(H,33,34,36). The molecule has 43 heavy (non-hydrogen) atoms. The molecule has 3 saturated heterocycles. The second-order valence-electron chi connectivity index (χ2n) is 11.3. The molecule has 2 amide bonds. The number of nitrogens with zero attached hydrogens (tertiary/aromatic N) is 6. The Kier molecular flexibility index (Phi) is 8.99. The molecule has 3 fully saturated rings. The Morgan fingerprint density at radius 1 is 0.791 bits per heavy atom. The fraction of sp³-hybridized carbons (Fsp3) is 0.438. The van der Waals surface area contributed by atoms with Gasteiger partial charge < -0.3 is 30.1 Å². The topological polar surface area (TPSA) is 106 Å². The number of piperazine rings is 1. The lowest BCUT2D eigenvalue weighted by Gasteiger charge is -2.40. The van der Waals surface area contributed by atoms with Gasteiger partial charge in [0.25, 0.3) is 0 Å². The number of ether oxygens (including phenoxy) is 1. The highest BCUT2D eigenvalue weighted by Gasteiger charge is 2.26. The van der Waals surface area contributed by atoms with Crippen LogP contribution in [0.5, 0.6) is 0 Å². The van der Waals surface area contributed by atoms with Crippen LogP contribution in [-0.2, 0) is 4.74 Å². The van der Waals surface area contributed by atoms with E-state index in [1.165, 1.54) is 25.5 Å². The number of aromatic nitrogens is 2. The number of piperidine rings is 1. The monoisotopic (exact) mass is 584 g/mol. The molecule has 0 saturated carbocycles. The molecule has 11 nitrogen and oxygen atoms in total. The average Bonchev–Trinajstić information content (AvgIpc) is 3.06. The van der Waals surface area contributed by atoms with Crippen LogP contribution in [0.2, 0.25) is 0 Å². The molecule has 11 heteroatoms. The van der Waals surface area contributed by atoms with Gasteiger partial charge in [0.05, 0.1) is 13.2 Å². The highest BCUT2D eigenvalue weighted by molar-refractivity contribution is 5.95. The molecular formula is C32H40N8O3. The van der Waals surface area contributed by atoms with Crippen molar-refractivity contribution in [2.45, 2.75) is 25.8 Å². The molecule has 0 bridgehead atoms. The maximum absolute atomic E-state index is 12.8. The van der Waals surface area contributed by atoms with E-state index in [1.54, 1.807) is 35.4 Å². The molecule has 4 heterocycles. The van der Waals surface area contributed by atoms with Crippen molar-refractivity contribution in [1.29, 1.82) is 0 Å². The van der Waals surface area contributed by atoms with Gasteiger partial charge in [0.1, 0.15) is 5.82 Å². The second kappa shape index (κ2) is 13.4. The molecule has 0 radical (unpaired) electrons. The third-order valence-corrected chi connectivity index (χ3v) is 8.59. The SMILES string of the molecule is CC(=O)c1ccc(NC(=O)N2CCN(c3ccnc(Nc4ccc(N5CCC(N6CCOCC6)CC5)cc4)n3)CC2)cc1. The van der Waals surface area contributed by atoms with Crippen molar-refractivity contribution in [3.8, 4) is 0 Å². The van der Waals surface area contributed by atoms with Gasteiger partial charge in [-0.2, -0.15) is 4.98 Å². The van der Waals surface area contributed by atoms with Gasteiger partial charge in [0, 0.05) is 87.2 Å². The zero-order valence-corrected chi connectivity index (χ0v) is 24.7. The molecular weight excluding hydrogens is 544 g/mol. The van der Waals surface area contributed by atoms with Crippen LogP contribution in [0, 0.1) is 0 Å². The van der Waals surface area contributed by atoms with Gasteiger partial charge in [0.2, 0.25) is 5.95 Å². The molecule has 0 spiro atoms. The Morgan fingerprint density at radius 3 is 2.14 bits per heavy atom.